The molecule has 0 aliphatic heterocycles. The molecule has 0 aromatic carbocycles. The quantitative estimate of drug-likeness (QED) is 0.437. The van der Waals surface area contributed by atoms with Gasteiger partial charge in [-0.15, -0.1) is 0 Å². The molecule has 3 atom stereocenters. The highest BCUT2D eigenvalue weighted by molar-refractivity contribution is 5.76. The van der Waals surface area contributed by atoms with Gasteiger partial charge in [-0.1, -0.05) is 12.8 Å². The minimum absolute atomic E-state index is 0.300. The minimum atomic E-state index is -1.61. The smallest absolute Gasteiger partial charge is 0.334 e. The van der Waals surface area contributed by atoms with Crippen LogP contribution in [0, 0.1) is 0 Å². The molecule has 0 spiro atoms. The van der Waals surface area contributed by atoms with Crippen molar-refractivity contribution in [1.82, 2.24) is 10.6 Å². The van der Waals surface area contributed by atoms with E-state index in [1.165, 1.54) is 0 Å². The van der Waals surface area contributed by atoms with E-state index in [-0.39, 0.29) is 12.6 Å². The van der Waals surface area contributed by atoms with Crippen LogP contribution in [0.15, 0.2) is 0 Å². The highest BCUT2D eigenvalue weighted by atomic mass is 16.4. The number of rotatable bonds is 4. The summed E-state index contributed by atoms with van der Waals surface area (Å²) >= 11 is 0. The van der Waals surface area contributed by atoms with Crippen LogP contribution in [0.4, 0.5) is 4.79 Å². The van der Waals surface area contributed by atoms with Crippen LogP contribution in [0.5, 0.6) is 0 Å². The molecule has 2 amide bonds. The van der Waals surface area contributed by atoms with Gasteiger partial charge in [0.25, 0.3) is 0 Å². The molecule has 1 saturated carbocycles. The molecule has 0 aromatic heterocycles. The third-order valence-electron chi connectivity index (χ3n) is 2.79. The van der Waals surface area contributed by atoms with E-state index in [4.69, 9.17) is 10.2 Å². The standard InChI is InChI=1S/C10H18N2O5/c13-7-4-2-1-3-6(7)12-10(17)11-5-8(14)9(15)16/h6-8,13-14H,1-5H2,(H,15,16)(H2,11,12,17)/t6?,7?,8-/m0/s1. The summed E-state index contributed by atoms with van der Waals surface area (Å²) in [7, 11) is 0. The van der Waals surface area contributed by atoms with E-state index in [2.05, 4.69) is 10.6 Å². The molecule has 0 heterocycles. The lowest BCUT2D eigenvalue weighted by molar-refractivity contribution is -0.146. The van der Waals surface area contributed by atoms with Gasteiger partial charge >= 0.3 is 12.0 Å². The van der Waals surface area contributed by atoms with E-state index in [1.807, 2.05) is 0 Å². The number of aliphatic hydroxyl groups excluding tert-OH is 2. The number of urea groups is 1. The zero-order valence-corrected chi connectivity index (χ0v) is 9.43. The Morgan fingerprint density at radius 1 is 1.29 bits per heavy atom. The van der Waals surface area contributed by atoms with Crippen LogP contribution < -0.4 is 10.6 Å². The van der Waals surface area contributed by atoms with E-state index < -0.39 is 24.2 Å². The molecule has 1 aliphatic carbocycles. The molecule has 5 N–H and O–H groups in total. The summed E-state index contributed by atoms with van der Waals surface area (Å²) in [5, 5.41) is 31.7. The van der Waals surface area contributed by atoms with Gasteiger partial charge in [0.15, 0.2) is 6.10 Å². The van der Waals surface area contributed by atoms with Crippen molar-refractivity contribution in [3.05, 3.63) is 0 Å². The summed E-state index contributed by atoms with van der Waals surface area (Å²) in [5.41, 5.74) is 0. The van der Waals surface area contributed by atoms with Crippen molar-refractivity contribution in [1.29, 1.82) is 0 Å². The number of nitrogens with one attached hydrogen (secondary N) is 2. The third kappa shape index (κ3) is 4.58. The Balaban J connectivity index is 2.26. The maximum absolute atomic E-state index is 11.3. The van der Waals surface area contributed by atoms with Gasteiger partial charge in [-0.2, -0.15) is 0 Å². The molecular formula is C10H18N2O5. The zero-order chi connectivity index (χ0) is 12.8. The molecule has 0 bridgehead atoms. The number of carbonyl (C=O) groups is 2. The predicted molar refractivity (Wildman–Crippen MR) is 58.4 cm³/mol. The maximum atomic E-state index is 11.3. The third-order valence-corrected chi connectivity index (χ3v) is 2.79. The first-order valence-corrected chi connectivity index (χ1v) is 5.64. The summed E-state index contributed by atoms with van der Waals surface area (Å²) in [4.78, 5) is 21.6. The lowest BCUT2D eigenvalue weighted by atomic mass is 9.93. The largest absolute Gasteiger partial charge is 0.479 e. The van der Waals surface area contributed by atoms with Gasteiger partial charge in [0.1, 0.15) is 0 Å². The van der Waals surface area contributed by atoms with Crippen LogP contribution in [0.3, 0.4) is 0 Å². The first-order valence-electron chi connectivity index (χ1n) is 5.64. The molecule has 2 unspecified atom stereocenters. The normalized spacial score (nSPS) is 26.0. The average molecular weight is 246 g/mol. The molecule has 98 valence electrons. The van der Waals surface area contributed by atoms with Gasteiger partial charge in [-0.25, -0.2) is 9.59 Å². The summed E-state index contributed by atoms with van der Waals surface area (Å²) in [5.74, 6) is -1.39. The Kier molecular flexibility index (Phi) is 5.17. The highest BCUT2D eigenvalue weighted by Gasteiger charge is 2.24. The Morgan fingerprint density at radius 3 is 2.53 bits per heavy atom. The molecule has 1 aliphatic rings. The molecule has 7 heteroatoms. The minimum Gasteiger partial charge on any atom is -0.479 e. The van der Waals surface area contributed by atoms with Gasteiger partial charge < -0.3 is 26.0 Å². The van der Waals surface area contributed by atoms with Crippen molar-refractivity contribution in [2.75, 3.05) is 6.54 Å². The van der Waals surface area contributed by atoms with E-state index in [0.29, 0.717) is 12.8 Å². The molecule has 0 saturated heterocycles. The van der Waals surface area contributed by atoms with Gasteiger partial charge in [0.2, 0.25) is 0 Å². The fraction of sp³-hybridized carbons (Fsp3) is 0.800. The first-order chi connectivity index (χ1) is 8.00. The monoisotopic (exact) mass is 246 g/mol. The fourth-order valence-electron chi connectivity index (χ4n) is 1.78. The Labute approximate surface area is 98.8 Å². The number of carboxylic acids is 1. The van der Waals surface area contributed by atoms with E-state index >= 15 is 0 Å². The molecule has 0 radical (unpaired) electrons. The van der Waals surface area contributed by atoms with Gasteiger partial charge in [0.05, 0.1) is 18.7 Å². The summed E-state index contributed by atoms with van der Waals surface area (Å²) < 4.78 is 0. The lowest BCUT2D eigenvalue weighted by Gasteiger charge is -2.28. The molecular weight excluding hydrogens is 228 g/mol. The molecule has 0 aromatic rings. The summed E-state index contributed by atoms with van der Waals surface area (Å²) in [6, 6.07) is -0.873. The number of aliphatic hydroxyl groups is 2. The van der Waals surface area contributed by atoms with Crippen molar-refractivity contribution in [3.8, 4) is 0 Å². The van der Waals surface area contributed by atoms with E-state index in [9.17, 15) is 14.7 Å². The predicted octanol–water partition coefficient (Wildman–Crippen LogP) is -0.965. The number of aliphatic carboxylic acids is 1. The van der Waals surface area contributed by atoms with Gasteiger partial charge in [0, 0.05) is 0 Å². The number of hydrogen-bond donors (Lipinski definition) is 5. The highest BCUT2D eigenvalue weighted by Crippen LogP contribution is 2.17. The molecule has 1 rings (SSSR count). The maximum Gasteiger partial charge on any atom is 0.334 e. The van der Waals surface area contributed by atoms with Crippen molar-refractivity contribution in [2.45, 2.75) is 43.9 Å². The molecule has 17 heavy (non-hydrogen) atoms. The lowest BCUT2D eigenvalue weighted by Crippen LogP contribution is -2.50. The van der Waals surface area contributed by atoms with Crippen LogP contribution in [0.1, 0.15) is 25.7 Å². The molecule has 7 nitrogen and oxygen atoms in total. The van der Waals surface area contributed by atoms with Crippen molar-refractivity contribution >= 4 is 12.0 Å². The number of carboxylic acid groups (broad SMARTS) is 1. The number of carbonyl (C=O) groups excluding carboxylic acids is 1. The second-order valence-corrected chi connectivity index (χ2v) is 4.17. The first kappa shape index (κ1) is 13.7. The summed E-state index contributed by atoms with van der Waals surface area (Å²) in [6.07, 6.45) is 1.08. The molecule has 1 fully saturated rings. The number of amides is 2. The Hall–Kier alpha value is -1.34. The Bertz CT molecular complexity index is 284. The van der Waals surface area contributed by atoms with Gasteiger partial charge in [-0.05, 0) is 12.8 Å². The summed E-state index contributed by atoms with van der Waals surface area (Å²) in [6.45, 7) is -0.357. The van der Waals surface area contributed by atoms with Crippen molar-refractivity contribution in [2.24, 2.45) is 0 Å². The fourth-order valence-corrected chi connectivity index (χ4v) is 1.78. The number of hydrogen-bond acceptors (Lipinski definition) is 4. The van der Waals surface area contributed by atoms with Crippen LogP contribution in [-0.2, 0) is 4.79 Å². The SMILES string of the molecule is O=C(NC[C@H](O)C(=O)O)NC1CCCCC1O. The Morgan fingerprint density at radius 2 is 1.94 bits per heavy atom. The second-order valence-electron chi connectivity index (χ2n) is 4.17. The zero-order valence-electron chi connectivity index (χ0n) is 9.43. The van der Waals surface area contributed by atoms with Crippen LogP contribution in [0.25, 0.3) is 0 Å². The van der Waals surface area contributed by atoms with Crippen LogP contribution in [-0.4, -0.2) is 52.1 Å². The van der Waals surface area contributed by atoms with Crippen molar-refractivity contribution in [3.63, 3.8) is 0 Å². The van der Waals surface area contributed by atoms with Crippen LogP contribution >= 0.6 is 0 Å². The topological polar surface area (TPSA) is 119 Å². The van der Waals surface area contributed by atoms with E-state index in [1.54, 1.807) is 0 Å². The van der Waals surface area contributed by atoms with Crippen molar-refractivity contribution < 1.29 is 24.9 Å². The van der Waals surface area contributed by atoms with E-state index in [0.717, 1.165) is 12.8 Å². The second kappa shape index (κ2) is 6.41. The van der Waals surface area contributed by atoms with Gasteiger partial charge in [-0.3, -0.25) is 0 Å². The average Bonchev–Trinajstić information content (AvgIpc) is 2.29. The van der Waals surface area contributed by atoms with Crippen LogP contribution in [0.2, 0.25) is 0 Å².